The summed E-state index contributed by atoms with van der Waals surface area (Å²) in [5.41, 5.74) is 0. The van der Waals surface area contributed by atoms with Crippen molar-refractivity contribution in [3.05, 3.63) is 0 Å². The number of ether oxygens (including phenoxy) is 11. The molecule has 396 valence electrons. The van der Waals surface area contributed by atoms with Crippen LogP contribution in [0.1, 0.15) is 0 Å². The average Bonchev–Trinajstić information content (AvgIpc) is 3.32. The number of aliphatic hydroxyl groups excluding tert-OH is 19. The Bertz CT molecular complexity index is 1580. The number of hydrogen-bond acceptors (Lipinski definition) is 31. The molecule has 20 N–H and O–H groups in total. The molecule has 32 heteroatoms. The van der Waals surface area contributed by atoms with Gasteiger partial charge in [-0.1, -0.05) is 0 Å². The topological polar surface area (TPSA) is 523 Å². The highest BCUT2D eigenvalue weighted by Gasteiger charge is 2.59. The fourth-order valence-electron chi connectivity index (χ4n) is 8.35. The third kappa shape index (κ3) is 11.2. The normalized spacial score (nSPS) is 52.7. The van der Waals surface area contributed by atoms with Gasteiger partial charge in [-0.05, 0) is 0 Å². The summed E-state index contributed by atoms with van der Waals surface area (Å²) in [6.07, 6.45) is -61.6. The summed E-state index contributed by atoms with van der Waals surface area (Å²) in [6, 6.07) is 0. The lowest BCUT2D eigenvalue weighted by atomic mass is 9.95. The average molecular weight is 1000 g/mol. The molecular formula is C36H60O32. The van der Waals surface area contributed by atoms with Gasteiger partial charge < -0.3 is 154 Å². The van der Waals surface area contributed by atoms with E-state index < -0.39 is 223 Å². The molecule has 6 saturated heterocycles. The minimum atomic E-state index is -2.45. The summed E-state index contributed by atoms with van der Waals surface area (Å²) in [7, 11) is 0. The van der Waals surface area contributed by atoms with Crippen molar-refractivity contribution in [2.75, 3.05) is 33.0 Å². The first-order valence-electron chi connectivity index (χ1n) is 21.1. The second-order valence-corrected chi connectivity index (χ2v) is 16.8. The SMILES string of the molecule is O=C(O)C1OC(OC2C(OC3C(CO)OC(OCC4OC(O)C(O)C(O)C4O)C(O)C3O)OC(CO)C(O)C2OC2OC(CO)C(O)C(O)C2O)C(O)C(O)C1OC1OC(CO)C(O)C(O)C1O. The molecule has 68 heavy (non-hydrogen) atoms. The lowest BCUT2D eigenvalue weighted by Gasteiger charge is -2.51. The van der Waals surface area contributed by atoms with Gasteiger partial charge in [0.25, 0.3) is 0 Å². The molecule has 6 aliphatic rings. The van der Waals surface area contributed by atoms with Crippen LogP contribution in [0, 0.1) is 0 Å². The quantitative estimate of drug-likeness (QED) is 0.0683. The largest absolute Gasteiger partial charge is 0.479 e. The zero-order valence-corrected chi connectivity index (χ0v) is 35.2. The molecule has 30 unspecified atom stereocenters. The lowest BCUT2D eigenvalue weighted by Crippen LogP contribution is -2.69. The number of rotatable bonds is 16. The molecule has 0 spiro atoms. The highest BCUT2D eigenvalue weighted by atomic mass is 16.8. The monoisotopic (exact) mass is 1000 g/mol. The zero-order valence-electron chi connectivity index (χ0n) is 35.2. The Kier molecular flexibility index (Phi) is 19.2. The van der Waals surface area contributed by atoms with Crippen molar-refractivity contribution in [3.8, 4) is 0 Å². The molecule has 0 bridgehead atoms. The van der Waals surface area contributed by atoms with Crippen LogP contribution in [-0.2, 0) is 56.9 Å². The van der Waals surface area contributed by atoms with Crippen molar-refractivity contribution in [1.82, 2.24) is 0 Å². The van der Waals surface area contributed by atoms with E-state index in [0.29, 0.717) is 0 Å². The smallest absolute Gasteiger partial charge is 0.335 e. The fourth-order valence-corrected chi connectivity index (χ4v) is 8.35. The molecule has 30 atom stereocenters. The first kappa shape index (κ1) is 55.6. The van der Waals surface area contributed by atoms with Gasteiger partial charge in [0.15, 0.2) is 43.8 Å². The van der Waals surface area contributed by atoms with Crippen LogP contribution in [0.15, 0.2) is 0 Å². The van der Waals surface area contributed by atoms with Crippen LogP contribution >= 0.6 is 0 Å². The summed E-state index contributed by atoms with van der Waals surface area (Å²) in [4.78, 5) is 12.6. The van der Waals surface area contributed by atoms with Crippen molar-refractivity contribution >= 4 is 5.97 Å². The zero-order chi connectivity index (χ0) is 50.2. The van der Waals surface area contributed by atoms with Gasteiger partial charge in [-0.3, -0.25) is 0 Å². The van der Waals surface area contributed by atoms with Crippen molar-refractivity contribution in [2.45, 2.75) is 184 Å². The van der Waals surface area contributed by atoms with Crippen molar-refractivity contribution in [1.29, 1.82) is 0 Å². The summed E-state index contributed by atoms with van der Waals surface area (Å²) >= 11 is 0. The molecule has 6 rings (SSSR count). The number of aliphatic carboxylic acids is 1. The molecule has 6 aliphatic heterocycles. The van der Waals surface area contributed by atoms with E-state index in [1.54, 1.807) is 0 Å². The van der Waals surface area contributed by atoms with E-state index in [2.05, 4.69) is 0 Å². The Hall–Kier alpha value is -1.73. The second-order valence-electron chi connectivity index (χ2n) is 16.8. The van der Waals surface area contributed by atoms with Gasteiger partial charge in [0.05, 0.1) is 33.0 Å². The van der Waals surface area contributed by atoms with Gasteiger partial charge in [-0.15, -0.1) is 0 Å². The maximum atomic E-state index is 12.6. The Morgan fingerprint density at radius 3 is 1.25 bits per heavy atom. The van der Waals surface area contributed by atoms with E-state index in [1.165, 1.54) is 0 Å². The molecule has 6 fully saturated rings. The van der Waals surface area contributed by atoms with Gasteiger partial charge >= 0.3 is 5.97 Å². The third-order valence-corrected chi connectivity index (χ3v) is 12.4. The molecular weight excluding hydrogens is 944 g/mol. The van der Waals surface area contributed by atoms with Crippen LogP contribution in [0.5, 0.6) is 0 Å². The Balaban J connectivity index is 1.28. The number of carboxylic acids is 1. The fraction of sp³-hybridized carbons (Fsp3) is 0.972. The molecule has 32 nitrogen and oxygen atoms in total. The van der Waals surface area contributed by atoms with Crippen molar-refractivity contribution in [3.63, 3.8) is 0 Å². The van der Waals surface area contributed by atoms with E-state index >= 15 is 0 Å². The maximum Gasteiger partial charge on any atom is 0.335 e. The summed E-state index contributed by atoms with van der Waals surface area (Å²) in [5.74, 6) is -1.95. The molecule has 6 heterocycles. The van der Waals surface area contributed by atoms with E-state index in [1.807, 2.05) is 0 Å². The standard InChI is InChI=1S/C36H60O32/c37-1-6-11(41)16(46)21(51)33(60-6)65-26-14(44)8(3-39)62-36(64-25-9(4-40)63-32(23(53)18(25)48)58-5-10-13(43)15(45)20(50)31(57)59-10)29(26)68-35-24(54)19(49)27(28(67-35)30(55)56)66-34-22(52)17(47)12(42)7(2-38)61-34/h6-29,31-54,57H,1-5H2,(H,55,56). The Morgan fingerprint density at radius 2 is 0.721 bits per heavy atom. The van der Waals surface area contributed by atoms with Crippen LogP contribution in [0.4, 0.5) is 0 Å². The highest BCUT2D eigenvalue weighted by molar-refractivity contribution is 5.73. The first-order chi connectivity index (χ1) is 32.1. The first-order valence-corrected chi connectivity index (χ1v) is 21.1. The lowest BCUT2D eigenvalue weighted by molar-refractivity contribution is -0.409. The summed E-state index contributed by atoms with van der Waals surface area (Å²) in [5, 5.41) is 210. The Morgan fingerprint density at radius 1 is 0.338 bits per heavy atom. The number of carboxylic acid groups (broad SMARTS) is 1. The molecule has 0 saturated carbocycles. The van der Waals surface area contributed by atoms with Crippen molar-refractivity contribution < 1.29 is 159 Å². The highest BCUT2D eigenvalue weighted by Crippen LogP contribution is 2.37. The minimum Gasteiger partial charge on any atom is -0.479 e. The predicted molar refractivity (Wildman–Crippen MR) is 200 cm³/mol. The maximum absolute atomic E-state index is 12.6. The van der Waals surface area contributed by atoms with Crippen LogP contribution in [0.3, 0.4) is 0 Å². The van der Waals surface area contributed by atoms with E-state index in [-0.39, 0.29) is 0 Å². The van der Waals surface area contributed by atoms with E-state index in [0.717, 1.165) is 0 Å². The molecule has 0 aromatic carbocycles. The van der Waals surface area contributed by atoms with Gasteiger partial charge in [-0.25, -0.2) is 4.79 Å². The minimum absolute atomic E-state index is 0.782. The third-order valence-electron chi connectivity index (χ3n) is 12.4. The Labute approximate surface area is 382 Å². The molecule has 0 aliphatic carbocycles. The molecule has 0 aromatic heterocycles. The van der Waals surface area contributed by atoms with Crippen LogP contribution in [-0.4, -0.2) is 325 Å². The van der Waals surface area contributed by atoms with Crippen molar-refractivity contribution in [2.24, 2.45) is 0 Å². The van der Waals surface area contributed by atoms with Crippen LogP contribution in [0.25, 0.3) is 0 Å². The van der Waals surface area contributed by atoms with E-state index in [9.17, 15) is 107 Å². The van der Waals surface area contributed by atoms with Gasteiger partial charge in [0, 0.05) is 0 Å². The van der Waals surface area contributed by atoms with Gasteiger partial charge in [-0.2, -0.15) is 0 Å². The predicted octanol–water partition coefficient (Wildman–Crippen LogP) is -14.0. The van der Waals surface area contributed by atoms with Crippen LogP contribution < -0.4 is 0 Å². The molecule has 0 radical (unpaired) electrons. The number of aliphatic hydroxyl groups is 19. The molecule has 0 aromatic rings. The second kappa shape index (κ2) is 23.4. The number of carbonyl (C=O) groups is 1. The van der Waals surface area contributed by atoms with Crippen LogP contribution in [0.2, 0.25) is 0 Å². The number of hydrogen-bond donors (Lipinski definition) is 20. The molecule has 0 amide bonds. The van der Waals surface area contributed by atoms with E-state index in [4.69, 9.17) is 52.1 Å². The van der Waals surface area contributed by atoms with Gasteiger partial charge in [0.2, 0.25) is 0 Å². The van der Waals surface area contributed by atoms with Gasteiger partial charge in [0.1, 0.15) is 140 Å². The summed E-state index contributed by atoms with van der Waals surface area (Å²) < 4.78 is 61.0. The summed E-state index contributed by atoms with van der Waals surface area (Å²) in [6.45, 7) is -4.90.